The first-order valence-electron chi connectivity index (χ1n) is 9.10. The summed E-state index contributed by atoms with van der Waals surface area (Å²) in [5, 5.41) is 7.57. The van der Waals surface area contributed by atoms with E-state index in [4.69, 9.17) is 20.9 Å². The molecule has 1 fully saturated rings. The van der Waals surface area contributed by atoms with Gasteiger partial charge in [-0.2, -0.15) is 4.98 Å². The van der Waals surface area contributed by atoms with Crippen molar-refractivity contribution in [3.05, 3.63) is 46.6 Å². The lowest BCUT2D eigenvalue weighted by Gasteiger charge is -2.36. The molecule has 1 aromatic carbocycles. The van der Waals surface area contributed by atoms with Gasteiger partial charge in [-0.05, 0) is 31.4 Å². The van der Waals surface area contributed by atoms with Crippen molar-refractivity contribution in [2.24, 2.45) is 5.92 Å². The third-order valence-electron chi connectivity index (χ3n) is 4.55. The van der Waals surface area contributed by atoms with E-state index in [1.165, 1.54) is 0 Å². The summed E-state index contributed by atoms with van der Waals surface area (Å²) >= 11 is 6.35. The van der Waals surface area contributed by atoms with E-state index in [-0.39, 0.29) is 24.1 Å². The van der Waals surface area contributed by atoms with Gasteiger partial charge in [0.2, 0.25) is 0 Å². The number of morpholine rings is 1. The molecule has 146 valence electrons. The van der Waals surface area contributed by atoms with Crippen LogP contribution in [0, 0.1) is 12.8 Å². The molecule has 3 rings (SSSR count). The SMILES string of the molecule is Cc1noc([C@H]2CN(C(=O)NC(c3ccccc3Cl)C(C)C)C[C@@H](C)O2)n1. The minimum Gasteiger partial charge on any atom is -0.362 e. The number of hydrogen-bond acceptors (Lipinski definition) is 5. The summed E-state index contributed by atoms with van der Waals surface area (Å²) in [6.07, 6.45) is -0.571. The molecule has 2 aromatic rings. The summed E-state index contributed by atoms with van der Waals surface area (Å²) in [6.45, 7) is 8.62. The maximum absolute atomic E-state index is 13.0. The monoisotopic (exact) mass is 392 g/mol. The van der Waals surface area contributed by atoms with Gasteiger partial charge in [-0.25, -0.2) is 4.79 Å². The van der Waals surface area contributed by atoms with E-state index in [1.54, 1.807) is 11.8 Å². The quantitative estimate of drug-likeness (QED) is 0.853. The largest absolute Gasteiger partial charge is 0.362 e. The van der Waals surface area contributed by atoms with Crippen molar-refractivity contribution < 1.29 is 14.1 Å². The van der Waals surface area contributed by atoms with Crippen LogP contribution < -0.4 is 5.32 Å². The molecular formula is C19H25ClN4O3. The van der Waals surface area contributed by atoms with Gasteiger partial charge in [-0.1, -0.05) is 48.8 Å². The molecule has 1 N–H and O–H groups in total. The molecule has 8 heteroatoms. The minimum atomic E-state index is -0.432. The van der Waals surface area contributed by atoms with Crippen molar-refractivity contribution in [2.75, 3.05) is 13.1 Å². The number of ether oxygens (including phenoxy) is 1. The minimum absolute atomic E-state index is 0.139. The molecule has 1 unspecified atom stereocenters. The first-order chi connectivity index (χ1) is 12.8. The third kappa shape index (κ3) is 4.59. The molecule has 0 saturated carbocycles. The summed E-state index contributed by atoms with van der Waals surface area (Å²) in [4.78, 5) is 18.9. The molecule has 1 saturated heterocycles. The molecule has 0 radical (unpaired) electrons. The van der Waals surface area contributed by atoms with Gasteiger partial charge in [0.25, 0.3) is 5.89 Å². The van der Waals surface area contributed by atoms with Crippen LogP contribution in [0.5, 0.6) is 0 Å². The highest BCUT2D eigenvalue weighted by Gasteiger charge is 2.34. The number of aryl methyl sites for hydroxylation is 1. The Morgan fingerprint density at radius 3 is 2.70 bits per heavy atom. The molecular weight excluding hydrogens is 368 g/mol. The molecule has 0 aliphatic carbocycles. The number of benzene rings is 1. The Morgan fingerprint density at radius 1 is 1.33 bits per heavy atom. The number of carbonyl (C=O) groups is 1. The lowest BCUT2D eigenvalue weighted by Crippen LogP contribution is -2.51. The molecule has 3 atom stereocenters. The fourth-order valence-electron chi connectivity index (χ4n) is 3.25. The average Bonchev–Trinajstić information content (AvgIpc) is 3.06. The zero-order valence-corrected chi connectivity index (χ0v) is 16.7. The predicted molar refractivity (Wildman–Crippen MR) is 101 cm³/mol. The molecule has 1 aliphatic rings. The number of amides is 2. The van der Waals surface area contributed by atoms with Crippen LogP contribution in [0.15, 0.2) is 28.8 Å². The first-order valence-corrected chi connectivity index (χ1v) is 9.48. The summed E-state index contributed by atoms with van der Waals surface area (Å²) in [5.74, 6) is 1.12. The number of nitrogens with zero attached hydrogens (tertiary/aromatic N) is 3. The smallest absolute Gasteiger partial charge is 0.318 e. The fourth-order valence-corrected chi connectivity index (χ4v) is 3.51. The number of aromatic nitrogens is 2. The highest BCUT2D eigenvalue weighted by molar-refractivity contribution is 6.31. The molecule has 7 nitrogen and oxygen atoms in total. The van der Waals surface area contributed by atoms with Gasteiger partial charge in [0.1, 0.15) is 0 Å². The van der Waals surface area contributed by atoms with Crippen LogP contribution >= 0.6 is 11.6 Å². The van der Waals surface area contributed by atoms with E-state index in [9.17, 15) is 4.79 Å². The zero-order chi connectivity index (χ0) is 19.6. The second-order valence-corrected chi connectivity index (χ2v) is 7.62. The molecule has 2 amide bonds. The number of hydrogen-bond donors (Lipinski definition) is 1. The van der Waals surface area contributed by atoms with Crippen LogP contribution in [0.2, 0.25) is 5.02 Å². The highest BCUT2D eigenvalue weighted by Crippen LogP contribution is 2.29. The van der Waals surface area contributed by atoms with E-state index in [1.807, 2.05) is 31.2 Å². The van der Waals surface area contributed by atoms with E-state index < -0.39 is 6.10 Å². The van der Waals surface area contributed by atoms with E-state index in [0.717, 1.165) is 5.56 Å². The van der Waals surface area contributed by atoms with E-state index in [2.05, 4.69) is 29.3 Å². The van der Waals surface area contributed by atoms with Gasteiger partial charge < -0.3 is 19.5 Å². The Hall–Kier alpha value is -2.12. The van der Waals surface area contributed by atoms with Crippen LogP contribution in [-0.4, -0.2) is 40.3 Å². The van der Waals surface area contributed by atoms with Gasteiger partial charge >= 0.3 is 6.03 Å². The van der Waals surface area contributed by atoms with Gasteiger partial charge in [-0.15, -0.1) is 0 Å². The molecule has 0 spiro atoms. The van der Waals surface area contributed by atoms with Crippen LogP contribution in [0.4, 0.5) is 4.79 Å². The number of nitrogens with one attached hydrogen (secondary N) is 1. The number of urea groups is 1. The number of carbonyl (C=O) groups excluding carboxylic acids is 1. The summed E-state index contributed by atoms with van der Waals surface area (Å²) in [5.41, 5.74) is 0.910. The number of rotatable bonds is 4. The van der Waals surface area contributed by atoms with E-state index in [0.29, 0.717) is 29.8 Å². The molecule has 27 heavy (non-hydrogen) atoms. The Balaban J connectivity index is 1.74. The maximum Gasteiger partial charge on any atom is 0.318 e. The highest BCUT2D eigenvalue weighted by atomic mass is 35.5. The average molecular weight is 393 g/mol. The Kier molecular flexibility index (Phi) is 6.01. The Bertz CT molecular complexity index is 795. The van der Waals surface area contributed by atoms with Gasteiger partial charge in [0.15, 0.2) is 11.9 Å². The normalized spacial score (nSPS) is 21.3. The lowest BCUT2D eigenvalue weighted by molar-refractivity contribution is -0.0784. The maximum atomic E-state index is 13.0. The van der Waals surface area contributed by atoms with Crippen LogP contribution in [-0.2, 0) is 4.74 Å². The molecule has 2 heterocycles. The standard InChI is InChI=1S/C19H25ClN4O3/c1-11(2)17(14-7-5-6-8-15(14)20)22-19(25)24-9-12(3)26-16(10-24)18-21-13(4)23-27-18/h5-8,11-12,16-17H,9-10H2,1-4H3,(H,22,25)/t12-,16-,17?/m1/s1. The summed E-state index contributed by atoms with van der Waals surface area (Å²) < 4.78 is 11.1. The van der Waals surface area contributed by atoms with Crippen LogP contribution in [0.25, 0.3) is 0 Å². The van der Waals surface area contributed by atoms with Crippen molar-refractivity contribution in [1.29, 1.82) is 0 Å². The van der Waals surface area contributed by atoms with E-state index >= 15 is 0 Å². The van der Waals surface area contributed by atoms with Gasteiger partial charge in [-0.3, -0.25) is 0 Å². The second kappa shape index (κ2) is 8.27. The van der Waals surface area contributed by atoms with Crippen LogP contribution in [0.3, 0.4) is 0 Å². The molecule has 0 bridgehead atoms. The first kappa shape index (κ1) is 19.6. The van der Waals surface area contributed by atoms with Crippen molar-refractivity contribution in [1.82, 2.24) is 20.4 Å². The number of halogens is 1. The summed E-state index contributed by atoms with van der Waals surface area (Å²) in [7, 11) is 0. The Labute approximate surface area is 164 Å². The van der Waals surface area contributed by atoms with Gasteiger partial charge in [0.05, 0.1) is 18.7 Å². The fraction of sp³-hybridized carbons (Fsp3) is 0.526. The van der Waals surface area contributed by atoms with Crippen molar-refractivity contribution in [3.63, 3.8) is 0 Å². The van der Waals surface area contributed by atoms with Crippen LogP contribution in [0.1, 0.15) is 50.2 Å². The lowest BCUT2D eigenvalue weighted by atomic mass is 9.96. The van der Waals surface area contributed by atoms with Crippen molar-refractivity contribution >= 4 is 17.6 Å². The van der Waals surface area contributed by atoms with Gasteiger partial charge in [0, 0.05) is 11.6 Å². The predicted octanol–water partition coefficient (Wildman–Crippen LogP) is 3.90. The zero-order valence-electron chi connectivity index (χ0n) is 16.0. The van der Waals surface area contributed by atoms with Crippen molar-refractivity contribution in [2.45, 2.75) is 45.9 Å². The Morgan fingerprint density at radius 2 is 2.07 bits per heavy atom. The second-order valence-electron chi connectivity index (χ2n) is 7.21. The molecule has 1 aromatic heterocycles. The van der Waals surface area contributed by atoms with Crippen molar-refractivity contribution in [3.8, 4) is 0 Å². The topological polar surface area (TPSA) is 80.5 Å². The third-order valence-corrected chi connectivity index (χ3v) is 4.90. The molecule has 1 aliphatic heterocycles. The summed E-state index contributed by atoms with van der Waals surface area (Å²) in [6, 6.07) is 7.24.